The lowest BCUT2D eigenvalue weighted by Gasteiger charge is -2.28. The molecule has 0 atom stereocenters. The third kappa shape index (κ3) is 1.39. The van der Waals surface area contributed by atoms with Crippen LogP contribution < -0.4 is 0 Å². The van der Waals surface area contributed by atoms with Gasteiger partial charge in [0.2, 0.25) is 11.8 Å². The van der Waals surface area contributed by atoms with E-state index in [0.717, 1.165) is 4.90 Å². The van der Waals surface area contributed by atoms with Crippen LogP contribution in [0.1, 0.15) is 34.1 Å². The van der Waals surface area contributed by atoms with Gasteiger partial charge in [-0.2, -0.15) is 5.26 Å². The molecule has 1 saturated heterocycles. The molecule has 0 spiro atoms. The number of nitriles is 1. The van der Waals surface area contributed by atoms with Crippen molar-refractivity contribution in [2.75, 3.05) is 0 Å². The van der Waals surface area contributed by atoms with Gasteiger partial charge in [-0.25, -0.2) is 0 Å². The number of likely N-dealkylation sites (tertiary alicyclic amines) is 1. The molecule has 1 heterocycles. The Balaban J connectivity index is 3.11. The highest BCUT2D eigenvalue weighted by molar-refractivity contribution is 6.06. The van der Waals surface area contributed by atoms with Crippen molar-refractivity contribution in [3.8, 4) is 6.07 Å². The number of rotatable bonds is 1. The zero-order valence-corrected chi connectivity index (χ0v) is 8.92. The van der Waals surface area contributed by atoms with Gasteiger partial charge >= 0.3 is 0 Å². The zero-order valence-electron chi connectivity index (χ0n) is 8.92. The van der Waals surface area contributed by atoms with E-state index in [2.05, 4.69) is 0 Å². The number of amides is 2. The van der Waals surface area contributed by atoms with Crippen molar-refractivity contribution in [3.05, 3.63) is 0 Å². The lowest BCUT2D eigenvalue weighted by Crippen LogP contribution is -2.47. The van der Waals surface area contributed by atoms with E-state index in [1.54, 1.807) is 27.7 Å². The van der Waals surface area contributed by atoms with Crippen molar-refractivity contribution in [1.82, 2.24) is 4.90 Å². The molecule has 4 heteroatoms. The molecule has 0 radical (unpaired) electrons. The van der Waals surface area contributed by atoms with E-state index in [0.29, 0.717) is 0 Å². The van der Waals surface area contributed by atoms with E-state index >= 15 is 0 Å². The van der Waals surface area contributed by atoms with Crippen molar-refractivity contribution in [3.63, 3.8) is 0 Å². The maximum Gasteiger partial charge on any atom is 0.236 e. The topological polar surface area (TPSA) is 61.2 Å². The lowest BCUT2D eigenvalue weighted by atomic mass is 9.91. The van der Waals surface area contributed by atoms with Crippen molar-refractivity contribution in [2.24, 2.45) is 5.41 Å². The van der Waals surface area contributed by atoms with Crippen molar-refractivity contribution >= 4 is 11.8 Å². The Labute approximate surface area is 83.5 Å². The van der Waals surface area contributed by atoms with Gasteiger partial charge in [-0.05, 0) is 13.8 Å². The number of imide groups is 1. The summed E-state index contributed by atoms with van der Waals surface area (Å²) in [5, 5.41) is 8.86. The molecule has 0 aromatic heterocycles. The molecule has 4 nitrogen and oxygen atoms in total. The maximum atomic E-state index is 11.8. The van der Waals surface area contributed by atoms with Crippen LogP contribution in [-0.4, -0.2) is 22.3 Å². The minimum absolute atomic E-state index is 0.191. The first-order valence-corrected chi connectivity index (χ1v) is 4.51. The van der Waals surface area contributed by atoms with Crippen LogP contribution in [0.3, 0.4) is 0 Å². The first-order chi connectivity index (χ1) is 6.22. The Bertz CT molecular complexity index is 337. The second-order valence-electron chi connectivity index (χ2n) is 4.77. The van der Waals surface area contributed by atoms with E-state index in [1.807, 2.05) is 6.07 Å². The Morgan fingerprint density at radius 1 is 1.43 bits per heavy atom. The number of hydrogen-bond donors (Lipinski definition) is 0. The van der Waals surface area contributed by atoms with E-state index in [9.17, 15) is 9.59 Å². The smallest absolute Gasteiger partial charge is 0.236 e. The minimum atomic E-state index is -1.04. The van der Waals surface area contributed by atoms with Gasteiger partial charge in [-0.15, -0.1) is 0 Å². The normalized spacial score (nSPS) is 21.2. The first-order valence-electron chi connectivity index (χ1n) is 4.51. The van der Waals surface area contributed by atoms with E-state index < -0.39 is 11.0 Å². The molecule has 0 saturated carbocycles. The highest BCUT2D eigenvalue weighted by Gasteiger charge is 2.50. The Kier molecular flexibility index (Phi) is 2.15. The van der Waals surface area contributed by atoms with Crippen LogP contribution in [-0.2, 0) is 9.59 Å². The fourth-order valence-electron chi connectivity index (χ4n) is 1.56. The predicted molar refractivity (Wildman–Crippen MR) is 49.9 cm³/mol. The van der Waals surface area contributed by atoms with Gasteiger partial charge in [0.05, 0.1) is 11.5 Å². The Morgan fingerprint density at radius 2 is 1.93 bits per heavy atom. The molecule has 2 amide bonds. The lowest BCUT2D eigenvalue weighted by molar-refractivity contribution is -0.144. The summed E-state index contributed by atoms with van der Waals surface area (Å²) in [5.74, 6) is -0.513. The van der Waals surface area contributed by atoms with Crippen LogP contribution in [0.15, 0.2) is 0 Å². The summed E-state index contributed by atoms with van der Waals surface area (Å²) < 4.78 is 0. The molecule has 14 heavy (non-hydrogen) atoms. The molecule has 0 N–H and O–H groups in total. The second kappa shape index (κ2) is 2.81. The van der Waals surface area contributed by atoms with Gasteiger partial charge in [0.25, 0.3) is 0 Å². The molecule has 1 aliphatic rings. The third-order valence-electron chi connectivity index (χ3n) is 2.46. The van der Waals surface area contributed by atoms with Gasteiger partial charge in [-0.1, -0.05) is 13.8 Å². The molecule has 0 aliphatic carbocycles. The summed E-state index contributed by atoms with van der Waals surface area (Å²) >= 11 is 0. The number of carbonyl (C=O) groups is 2. The largest absolute Gasteiger partial charge is 0.274 e. The van der Waals surface area contributed by atoms with Crippen LogP contribution in [0.4, 0.5) is 0 Å². The molecule has 1 rings (SSSR count). The molecular weight excluding hydrogens is 180 g/mol. The Hall–Kier alpha value is -1.37. The van der Waals surface area contributed by atoms with Crippen molar-refractivity contribution in [2.45, 2.75) is 39.7 Å². The summed E-state index contributed by atoms with van der Waals surface area (Å²) in [7, 11) is 0. The Morgan fingerprint density at radius 3 is 2.21 bits per heavy atom. The monoisotopic (exact) mass is 194 g/mol. The SMILES string of the molecule is CC1(C)CC(=O)N(C(C)(C)C#N)C1=O. The molecule has 1 fully saturated rings. The van der Waals surface area contributed by atoms with Crippen LogP contribution in [0.25, 0.3) is 0 Å². The maximum absolute atomic E-state index is 11.8. The van der Waals surface area contributed by atoms with Gasteiger partial charge in [0.1, 0.15) is 5.54 Å². The van der Waals surface area contributed by atoms with Crippen LogP contribution in [0, 0.1) is 16.7 Å². The molecule has 76 valence electrons. The standard InChI is InChI=1S/C10H14N2O2/c1-9(2)5-7(13)12(8(9)14)10(3,4)6-11/h5H2,1-4H3. The molecular formula is C10H14N2O2. The van der Waals surface area contributed by atoms with Gasteiger partial charge in [0.15, 0.2) is 0 Å². The zero-order chi connectivity index (χ0) is 11.1. The number of nitrogens with zero attached hydrogens (tertiary/aromatic N) is 2. The van der Waals surface area contributed by atoms with E-state index in [1.165, 1.54) is 0 Å². The third-order valence-corrected chi connectivity index (χ3v) is 2.46. The fraction of sp³-hybridized carbons (Fsp3) is 0.700. The highest BCUT2D eigenvalue weighted by atomic mass is 16.2. The van der Waals surface area contributed by atoms with E-state index in [-0.39, 0.29) is 18.2 Å². The van der Waals surface area contributed by atoms with Crippen LogP contribution in [0.2, 0.25) is 0 Å². The molecule has 0 bridgehead atoms. The van der Waals surface area contributed by atoms with Gasteiger partial charge < -0.3 is 0 Å². The first kappa shape index (κ1) is 10.7. The van der Waals surface area contributed by atoms with Crippen LogP contribution >= 0.6 is 0 Å². The summed E-state index contributed by atoms with van der Waals surface area (Å²) in [4.78, 5) is 24.4. The molecule has 0 aromatic rings. The highest BCUT2D eigenvalue weighted by Crippen LogP contribution is 2.35. The number of carbonyl (C=O) groups excluding carboxylic acids is 2. The summed E-state index contributed by atoms with van der Waals surface area (Å²) in [6.07, 6.45) is 0.191. The van der Waals surface area contributed by atoms with Gasteiger partial charge in [-0.3, -0.25) is 14.5 Å². The summed E-state index contributed by atoms with van der Waals surface area (Å²) in [6, 6.07) is 1.97. The van der Waals surface area contributed by atoms with Crippen LogP contribution in [0.5, 0.6) is 0 Å². The summed E-state index contributed by atoms with van der Waals surface area (Å²) in [5.41, 5.74) is -1.70. The molecule has 0 unspecified atom stereocenters. The fourth-order valence-corrected chi connectivity index (χ4v) is 1.56. The minimum Gasteiger partial charge on any atom is -0.274 e. The average molecular weight is 194 g/mol. The van der Waals surface area contributed by atoms with Gasteiger partial charge in [0, 0.05) is 6.42 Å². The average Bonchev–Trinajstić information content (AvgIpc) is 2.22. The molecule has 1 aliphatic heterocycles. The quantitative estimate of drug-likeness (QED) is 0.587. The number of hydrogen-bond acceptors (Lipinski definition) is 3. The van der Waals surface area contributed by atoms with Crippen molar-refractivity contribution in [1.29, 1.82) is 5.26 Å². The van der Waals surface area contributed by atoms with E-state index in [4.69, 9.17) is 5.26 Å². The molecule has 0 aromatic carbocycles. The predicted octanol–water partition coefficient (Wildman–Crippen LogP) is 1.07. The summed E-state index contributed by atoms with van der Waals surface area (Å²) in [6.45, 7) is 6.59. The van der Waals surface area contributed by atoms with Crippen molar-refractivity contribution < 1.29 is 9.59 Å². The second-order valence-corrected chi connectivity index (χ2v) is 4.77.